The second kappa shape index (κ2) is 7.57. The number of aromatic amines is 1. The van der Waals surface area contributed by atoms with Crippen molar-refractivity contribution in [2.24, 2.45) is 4.99 Å². The average Bonchev–Trinajstić information content (AvgIpc) is 3.13. The minimum atomic E-state index is 0.602. The Morgan fingerprint density at radius 1 is 1.22 bits per heavy atom. The average molecular weight is 314 g/mol. The van der Waals surface area contributed by atoms with Crippen molar-refractivity contribution in [2.45, 2.75) is 13.5 Å². The molecule has 122 valence electrons. The first kappa shape index (κ1) is 15.3. The molecule has 0 atom stereocenters. The largest absolute Gasteiger partial charge is 0.357 e. The SMILES string of the molecule is CCNC(=NCc1ccn[nH]1)N1CCN(c2ncccn2)CC1. The van der Waals surface area contributed by atoms with E-state index in [-0.39, 0.29) is 0 Å². The maximum Gasteiger partial charge on any atom is 0.225 e. The Hall–Kier alpha value is -2.64. The molecule has 3 rings (SSSR count). The molecular weight excluding hydrogens is 292 g/mol. The number of H-pyrrole nitrogens is 1. The van der Waals surface area contributed by atoms with Crippen LogP contribution in [0, 0.1) is 0 Å². The maximum absolute atomic E-state index is 4.69. The highest BCUT2D eigenvalue weighted by atomic mass is 15.4. The van der Waals surface area contributed by atoms with E-state index in [0.29, 0.717) is 6.54 Å². The van der Waals surface area contributed by atoms with Gasteiger partial charge in [0.2, 0.25) is 5.95 Å². The van der Waals surface area contributed by atoms with Gasteiger partial charge in [-0.3, -0.25) is 5.10 Å². The van der Waals surface area contributed by atoms with Gasteiger partial charge in [0.05, 0.1) is 12.2 Å². The summed E-state index contributed by atoms with van der Waals surface area (Å²) in [7, 11) is 0. The van der Waals surface area contributed by atoms with E-state index in [9.17, 15) is 0 Å². The van der Waals surface area contributed by atoms with Crippen molar-refractivity contribution in [3.63, 3.8) is 0 Å². The third-order valence-corrected chi connectivity index (χ3v) is 3.71. The van der Waals surface area contributed by atoms with Gasteiger partial charge < -0.3 is 15.1 Å². The Morgan fingerprint density at radius 2 is 2.00 bits per heavy atom. The summed E-state index contributed by atoms with van der Waals surface area (Å²) in [6.45, 7) is 7.10. The molecule has 8 nitrogen and oxygen atoms in total. The number of aromatic nitrogens is 4. The highest BCUT2D eigenvalue weighted by Crippen LogP contribution is 2.10. The van der Waals surface area contributed by atoms with E-state index in [0.717, 1.165) is 50.3 Å². The first-order valence-electron chi connectivity index (χ1n) is 7.90. The molecule has 2 aromatic heterocycles. The summed E-state index contributed by atoms with van der Waals surface area (Å²) >= 11 is 0. The summed E-state index contributed by atoms with van der Waals surface area (Å²) in [4.78, 5) is 17.8. The standard InChI is InChI=1S/C15H22N8/c1-2-16-14(19-12-13-4-7-20-21-13)22-8-10-23(11-9-22)15-17-5-3-6-18-15/h3-7H,2,8-12H2,1H3,(H,16,19)(H,20,21). The molecule has 0 unspecified atom stereocenters. The van der Waals surface area contributed by atoms with Crippen molar-refractivity contribution >= 4 is 11.9 Å². The van der Waals surface area contributed by atoms with Crippen LogP contribution >= 0.6 is 0 Å². The number of hydrogen-bond donors (Lipinski definition) is 2. The van der Waals surface area contributed by atoms with Gasteiger partial charge in [-0.15, -0.1) is 0 Å². The number of nitrogens with zero attached hydrogens (tertiary/aromatic N) is 6. The van der Waals surface area contributed by atoms with Crippen LogP contribution in [0.15, 0.2) is 35.7 Å². The van der Waals surface area contributed by atoms with Crippen LogP contribution in [-0.4, -0.2) is 63.7 Å². The Labute approximate surface area is 135 Å². The van der Waals surface area contributed by atoms with Crippen LogP contribution in [0.2, 0.25) is 0 Å². The molecule has 1 saturated heterocycles. The molecule has 0 radical (unpaired) electrons. The summed E-state index contributed by atoms with van der Waals surface area (Å²) in [6, 6.07) is 3.78. The molecule has 23 heavy (non-hydrogen) atoms. The molecule has 1 fully saturated rings. The Kier molecular flexibility index (Phi) is 5.02. The second-order valence-electron chi connectivity index (χ2n) is 5.27. The molecule has 0 spiro atoms. The molecular formula is C15H22N8. The van der Waals surface area contributed by atoms with Crippen LogP contribution in [0.3, 0.4) is 0 Å². The molecule has 0 aliphatic carbocycles. The fourth-order valence-corrected chi connectivity index (χ4v) is 2.53. The Morgan fingerprint density at radius 3 is 2.65 bits per heavy atom. The number of guanidine groups is 1. The zero-order chi connectivity index (χ0) is 15.9. The van der Waals surface area contributed by atoms with Crippen molar-refractivity contribution in [3.8, 4) is 0 Å². The molecule has 0 saturated carbocycles. The van der Waals surface area contributed by atoms with Gasteiger partial charge >= 0.3 is 0 Å². The molecule has 3 heterocycles. The fraction of sp³-hybridized carbons (Fsp3) is 0.467. The van der Waals surface area contributed by atoms with Crippen LogP contribution in [0.4, 0.5) is 5.95 Å². The van der Waals surface area contributed by atoms with Crippen LogP contribution < -0.4 is 10.2 Å². The number of hydrogen-bond acceptors (Lipinski definition) is 5. The third-order valence-electron chi connectivity index (χ3n) is 3.71. The van der Waals surface area contributed by atoms with E-state index in [1.54, 1.807) is 18.6 Å². The van der Waals surface area contributed by atoms with Gasteiger partial charge in [-0.2, -0.15) is 5.10 Å². The van der Waals surface area contributed by atoms with Crippen LogP contribution in [0.1, 0.15) is 12.6 Å². The van der Waals surface area contributed by atoms with Gasteiger partial charge in [-0.25, -0.2) is 15.0 Å². The van der Waals surface area contributed by atoms with Gasteiger partial charge in [-0.1, -0.05) is 0 Å². The van der Waals surface area contributed by atoms with Crippen LogP contribution in [0.25, 0.3) is 0 Å². The molecule has 0 aromatic carbocycles. The number of rotatable bonds is 4. The highest BCUT2D eigenvalue weighted by molar-refractivity contribution is 5.80. The first-order valence-corrected chi connectivity index (χ1v) is 7.90. The molecule has 0 amide bonds. The van der Waals surface area contributed by atoms with Gasteiger partial charge in [-0.05, 0) is 19.1 Å². The molecule has 0 bridgehead atoms. The number of nitrogens with one attached hydrogen (secondary N) is 2. The smallest absolute Gasteiger partial charge is 0.225 e. The summed E-state index contributed by atoms with van der Waals surface area (Å²) in [5.74, 6) is 1.74. The molecule has 2 N–H and O–H groups in total. The van der Waals surface area contributed by atoms with E-state index in [2.05, 4.69) is 47.2 Å². The summed E-state index contributed by atoms with van der Waals surface area (Å²) in [6.07, 6.45) is 5.31. The minimum Gasteiger partial charge on any atom is -0.357 e. The van der Waals surface area contributed by atoms with E-state index in [1.165, 1.54) is 0 Å². The quantitative estimate of drug-likeness (QED) is 0.631. The van der Waals surface area contributed by atoms with E-state index >= 15 is 0 Å². The van der Waals surface area contributed by atoms with Crippen molar-refractivity contribution in [2.75, 3.05) is 37.6 Å². The van der Waals surface area contributed by atoms with Crippen LogP contribution in [0.5, 0.6) is 0 Å². The fourth-order valence-electron chi connectivity index (χ4n) is 2.53. The van der Waals surface area contributed by atoms with E-state index < -0.39 is 0 Å². The van der Waals surface area contributed by atoms with Gasteiger partial charge in [0, 0.05) is 51.3 Å². The zero-order valence-corrected chi connectivity index (χ0v) is 13.3. The first-order chi connectivity index (χ1) is 11.4. The lowest BCUT2D eigenvalue weighted by Gasteiger charge is -2.36. The van der Waals surface area contributed by atoms with Crippen LogP contribution in [-0.2, 0) is 6.54 Å². The van der Waals surface area contributed by atoms with E-state index in [1.807, 2.05) is 12.1 Å². The molecule has 8 heteroatoms. The maximum atomic E-state index is 4.69. The summed E-state index contributed by atoms with van der Waals surface area (Å²) in [5.41, 5.74) is 1.01. The zero-order valence-electron chi connectivity index (χ0n) is 13.3. The van der Waals surface area contributed by atoms with E-state index in [4.69, 9.17) is 0 Å². The van der Waals surface area contributed by atoms with Crippen molar-refractivity contribution in [3.05, 3.63) is 36.4 Å². The summed E-state index contributed by atoms with van der Waals surface area (Å²) in [5, 5.41) is 10.3. The van der Waals surface area contributed by atoms with Gasteiger partial charge in [0.15, 0.2) is 5.96 Å². The predicted molar refractivity (Wildman–Crippen MR) is 89.2 cm³/mol. The van der Waals surface area contributed by atoms with Crippen molar-refractivity contribution < 1.29 is 0 Å². The number of anilines is 1. The molecule has 1 aliphatic rings. The third kappa shape index (κ3) is 3.97. The Bertz CT molecular complexity index is 602. The number of aliphatic imine (C=N–C) groups is 1. The normalized spacial score (nSPS) is 15.8. The molecule has 1 aliphatic heterocycles. The lowest BCUT2D eigenvalue weighted by atomic mass is 10.3. The summed E-state index contributed by atoms with van der Waals surface area (Å²) < 4.78 is 0. The van der Waals surface area contributed by atoms with Crippen molar-refractivity contribution in [1.29, 1.82) is 0 Å². The monoisotopic (exact) mass is 314 g/mol. The number of piperazine rings is 1. The van der Waals surface area contributed by atoms with Gasteiger partial charge in [0.1, 0.15) is 0 Å². The second-order valence-corrected chi connectivity index (χ2v) is 5.27. The predicted octanol–water partition coefficient (Wildman–Crippen LogP) is 0.487. The Balaban J connectivity index is 1.60. The lowest BCUT2D eigenvalue weighted by Crippen LogP contribution is -2.53. The van der Waals surface area contributed by atoms with Gasteiger partial charge in [0.25, 0.3) is 0 Å². The highest BCUT2D eigenvalue weighted by Gasteiger charge is 2.20. The minimum absolute atomic E-state index is 0.602. The lowest BCUT2D eigenvalue weighted by molar-refractivity contribution is 0.370. The molecule has 2 aromatic rings. The topological polar surface area (TPSA) is 85.3 Å². The van der Waals surface area contributed by atoms with Crippen molar-refractivity contribution in [1.82, 2.24) is 30.4 Å².